The third kappa shape index (κ3) is 3.18. The summed E-state index contributed by atoms with van der Waals surface area (Å²) in [5.41, 5.74) is 4.10. The van der Waals surface area contributed by atoms with E-state index >= 15 is 0 Å². The molecule has 4 rings (SSSR count). The first-order chi connectivity index (χ1) is 12.1. The second-order valence-electron chi connectivity index (χ2n) is 6.54. The second-order valence-corrected chi connectivity index (χ2v) is 6.54. The lowest BCUT2D eigenvalue weighted by atomic mass is 10.1. The molecule has 2 aromatic heterocycles. The number of nitrogens with one attached hydrogen (secondary N) is 1. The van der Waals surface area contributed by atoms with Crippen LogP contribution >= 0.6 is 0 Å². The SMILES string of the molecule is Cc1cc(C(=O)Nc2c(-c3ccccc3)ncn2C2CC2)cc(C)n1. The average Bonchev–Trinajstić information content (AvgIpc) is 3.36. The molecule has 3 aromatic rings. The molecule has 0 radical (unpaired) electrons. The normalized spacial score (nSPS) is 13.7. The number of anilines is 1. The van der Waals surface area contributed by atoms with Crippen LogP contribution in [0.2, 0.25) is 0 Å². The smallest absolute Gasteiger partial charge is 0.256 e. The van der Waals surface area contributed by atoms with Crippen molar-refractivity contribution in [2.45, 2.75) is 32.7 Å². The van der Waals surface area contributed by atoms with Crippen LogP contribution < -0.4 is 5.32 Å². The molecule has 1 aromatic carbocycles. The number of aromatic nitrogens is 3. The predicted molar refractivity (Wildman–Crippen MR) is 97.6 cm³/mol. The molecule has 0 aliphatic heterocycles. The van der Waals surface area contributed by atoms with Gasteiger partial charge in [0, 0.05) is 28.6 Å². The third-order valence-corrected chi connectivity index (χ3v) is 4.36. The fourth-order valence-electron chi connectivity index (χ4n) is 3.07. The summed E-state index contributed by atoms with van der Waals surface area (Å²) in [7, 11) is 0. The molecule has 25 heavy (non-hydrogen) atoms. The minimum Gasteiger partial charge on any atom is -0.314 e. The molecule has 0 atom stereocenters. The van der Waals surface area contributed by atoms with Crippen molar-refractivity contribution < 1.29 is 4.79 Å². The third-order valence-electron chi connectivity index (χ3n) is 4.36. The molecule has 1 aliphatic rings. The van der Waals surface area contributed by atoms with E-state index in [0.29, 0.717) is 11.6 Å². The quantitative estimate of drug-likeness (QED) is 0.781. The van der Waals surface area contributed by atoms with Gasteiger partial charge in [-0.3, -0.25) is 9.78 Å². The standard InChI is InChI=1S/C20H20N4O/c1-13-10-16(11-14(2)22-13)20(25)23-19-18(15-6-4-3-5-7-15)21-12-24(19)17-8-9-17/h3-7,10-12,17H,8-9H2,1-2H3,(H,23,25). The Balaban J connectivity index is 1.71. The van der Waals surface area contributed by atoms with E-state index in [1.54, 1.807) is 0 Å². The number of pyridine rings is 1. The lowest BCUT2D eigenvalue weighted by Crippen LogP contribution is -2.16. The van der Waals surface area contributed by atoms with E-state index in [1.807, 2.05) is 62.6 Å². The van der Waals surface area contributed by atoms with E-state index in [0.717, 1.165) is 41.3 Å². The Bertz CT molecular complexity index is 906. The molecule has 0 spiro atoms. The van der Waals surface area contributed by atoms with Gasteiger partial charge in [0.1, 0.15) is 11.5 Å². The Morgan fingerprint density at radius 3 is 2.44 bits per heavy atom. The first-order valence-electron chi connectivity index (χ1n) is 8.51. The van der Waals surface area contributed by atoms with Gasteiger partial charge in [-0.2, -0.15) is 0 Å². The van der Waals surface area contributed by atoms with Gasteiger partial charge in [-0.1, -0.05) is 30.3 Å². The van der Waals surface area contributed by atoms with Crippen molar-refractivity contribution in [3.8, 4) is 11.3 Å². The van der Waals surface area contributed by atoms with E-state index < -0.39 is 0 Å². The van der Waals surface area contributed by atoms with Crippen LogP contribution in [0.5, 0.6) is 0 Å². The van der Waals surface area contributed by atoms with Crippen LogP contribution in [-0.4, -0.2) is 20.4 Å². The Morgan fingerprint density at radius 2 is 1.80 bits per heavy atom. The fourth-order valence-corrected chi connectivity index (χ4v) is 3.07. The van der Waals surface area contributed by atoms with Gasteiger partial charge < -0.3 is 9.88 Å². The number of rotatable bonds is 4. The average molecular weight is 332 g/mol. The molecular weight excluding hydrogens is 312 g/mol. The van der Waals surface area contributed by atoms with Crippen molar-refractivity contribution >= 4 is 11.7 Å². The number of nitrogens with zero attached hydrogens (tertiary/aromatic N) is 3. The highest BCUT2D eigenvalue weighted by Gasteiger charge is 2.28. The molecule has 1 amide bonds. The van der Waals surface area contributed by atoms with Gasteiger partial charge >= 0.3 is 0 Å². The molecule has 0 saturated heterocycles. The fraction of sp³-hybridized carbons (Fsp3) is 0.250. The molecule has 5 heteroatoms. The van der Waals surface area contributed by atoms with Crippen molar-refractivity contribution in [3.05, 3.63) is 65.7 Å². The van der Waals surface area contributed by atoms with Crippen molar-refractivity contribution in [2.75, 3.05) is 5.32 Å². The summed E-state index contributed by atoms with van der Waals surface area (Å²) in [6, 6.07) is 14.0. The topological polar surface area (TPSA) is 59.8 Å². The number of aryl methyl sites for hydroxylation is 2. The Morgan fingerprint density at radius 1 is 1.12 bits per heavy atom. The molecule has 0 bridgehead atoms. The highest BCUT2D eigenvalue weighted by atomic mass is 16.1. The maximum absolute atomic E-state index is 12.8. The lowest BCUT2D eigenvalue weighted by Gasteiger charge is -2.12. The van der Waals surface area contributed by atoms with E-state index in [2.05, 4.69) is 19.9 Å². The largest absolute Gasteiger partial charge is 0.314 e. The summed E-state index contributed by atoms with van der Waals surface area (Å²) >= 11 is 0. The zero-order valence-electron chi connectivity index (χ0n) is 14.4. The molecule has 0 unspecified atom stereocenters. The summed E-state index contributed by atoms with van der Waals surface area (Å²) in [4.78, 5) is 21.7. The number of imidazole rings is 1. The minimum atomic E-state index is -0.131. The van der Waals surface area contributed by atoms with Crippen LogP contribution in [0.4, 0.5) is 5.82 Å². The molecule has 1 N–H and O–H groups in total. The van der Waals surface area contributed by atoms with Crippen molar-refractivity contribution in [3.63, 3.8) is 0 Å². The number of carbonyl (C=O) groups excluding carboxylic acids is 1. The summed E-state index contributed by atoms with van der Waals surface area (Å²) in [6.45, 7) is 3.79. The zero-order chi connectivity index (χ0) is 17.4. The Kier molecular flexibility index (Phi) is 3.84. The van der Waals surface area contributed by atoms with Gasteiger partial charge in [0.2, 0.25) is 0 Å². The summed E-state index contributed by atoms with van der Waals surface area (Å²) < 4.78 is 2.08. The maximum atomic E-state index is 12.8. The van der Waals surface area contributed by atoms with Gasteiger partial charge in [0.05, 0.1) is 6.33 Å². The lowest BCUT2D eigenvalue weighted by molar-refractivity contribution is 0.102. The zero-order valence-corrected chi connectivity index (χ0v) is 14.4. The highest BCUT2D eigenvalue weighted by molar-refractivity contribution is 6.05. The number of hydrogen-bond donors (Lipinski definition) is 1. The molecular formula is C20H20N4O. The van der Waals surface area contributed by atoms with E-state index in [9.17, 15) is 4.79 Å². The van der Waals surface area contributed by atoms with Crippen LogP contribution in [0.1, 0.15) is 40.6 Å². The van der Waals surface area contributed by atoms with Crippen molar-refractivity contribution in [1.29, 1.82) is 0 Å². The Labute approximate surface area is 146 Å². The molecule has 126 valence electrons. The van der Waals surface area contributed by atoms with Crippen LogP contribution in [-0.2, 0) is 0 Å². The monoisotopic (exact) mass is 332 g/mol. The summed E-state index contributed by atoms with van der Waals surface area (Å²) in [6.07, 6.45) is 4.08. The Hall–Kier alpha value is -2.95. The number of hydrogen-bond acceptors (Lipinski definition) is 3. The van der Waals surface area contributed by atoms with E-state index in [1.165, 1.54) is 0 Å². The first kappa shape index (κ1) is 15.6. The molecule has 1 fully saturated rings. The minimum absolute atomic E-state index is 0.131. The van der Waals surface area contributed by atoms with Gasteiger partial charge in [0.15, 0.2) is 0 Å². The summed E-state index contributed by atoms with van der Waals surface area (Å²) in [5, 5.41) is 3.08. The first-order valence-corrected chi connectivity index (χ1v) is 8.51. The highest BCUT2D eigenvalue weighted by Crippen LogP contribution is 2.40. The van der Waals surface area contributed by atoms with Crippen LogP contribution in [0.3, 0.4) is 0 Å². The molecule has 5 nitrogen and oxygen atoms in total. The van der Waals surface area contributed by atoms with Crippen LogP contribution in [0.25, 0.3) is 11.3 Å². The second kappa shape index (κ2) is 6.16. The number of benzene rings is 1. The summed E-state index contributed by atoms with van der Waals surface area (Å²) in [5.74, 6) is 0.638. The van der Waals surface area contributed by atoms with E-state index in [-0.39, 0.29) is 5.91 Å². The van der Waals surface area contributed by atoms with Gasteiger partial charge in [-0.05, 0) is 38.8 Å². The molecule has 1 aliphatic carbocycles. The van der Waals surface area contributed by atoms with Gasteiger partial charge in [-0.15, -0.1) is 0 Å². The van der Waals surface area contributed by atoms with E-state index in [4.69, 9.17) is 0 Å². The molecule has 2 heterocycles. The number of amides is 1. The van der Waals surface area contributed by atoms with Gasteiger partial charge in [0.25, 0.3) is 5.91 Å². The predicted octanol–water partition coefficient (Wildman–Crippen LogP) is 4.15. The maximum Gasteiger partial charge on any atom is 0.256 e. The van der Waals surface area contributed by atoms with Crippen molar-refractivity contribution in [2.24, 2.45) is 0 Å². The van der Waals surface area contributed by atoms with Crippen LogP contribution in [0, 0.1) is 13.8 Å². The van der Waals surface area contributed by atoms with Gasteiger partial charge in [-0.25, -0.2) is 4.98 Å². The van der Waals surface area contributed by atoms with Crippen molar-refractivity contribution in [1.82, 2.24) is 14.5 Å². The van der Waals surface area contributed by atoms with Crippen LogP contribution in [0.15, 0.2) is 48.8 Å². The number of carbonyl (C=O) groups is 1. The molecule has 1 saturated carbocycles.